The number of hydrogen-bond acceptors (Lipinski definition) is 4. The van der Waals surface area contributed by atoms with Gasteiger partial charge in [-0.15, -0.1) is 0 Å². The van der Waals surface area contributed by atoms with E-state index in [9.17, 15) is 10.2 Å². The molecule has 1 saturated heterocycles. The SMILES string of the molecule is CC1(C)C(O)CC1NCC(O)CN1CCCC1. The first-order chi connectivity index (χ1) is 8.00. The van der Waals surface area contributed by atoms with Crippen LogP contribution in [0.1, 0.15) is 33.1 Å². The summed E-state index contributed by atoms with van der Waals surface area (Å²) in [5.74, 6) is 0. The molecular weight excluding hydrogens is 216 g/mol. The Morgan fingerprint density at radius 3 is 2.53 bits per heavy atom. The largest absolute Gasteiger partial charge is 0.392 e. The third-order valence-electron chi connectivity index (χ3n) is 4.48. The zero-order valence-electron chi connectivity index (χ0n) is 11.0. The minimum atomic E-state index is -0.290. The molecular formula is C13H26N2O2. The monoisotopic (exact) mass is 242 g/mol. The summed E-state index contributed by atoms with van der Waals surface area (Å²) in [6, 6.07) is 0.339. The van der Waals surface area contributed by atoms with Crippen molar-refractivity contribution in [3.05, 3.63) is 0 Å². The van der Waals surface area contributed by atoms with E-state index in [1.165, 1.54) is 12.8 Å². The lowest BCUT2D eigenvalue weighted by Crippen LogP contribution is -2.61. The summed E-state index contributed by atoms with van der Waals surface area (Å²) in [5, 5.41) is 23.0. The summed E-state index contributed by atoms with van der Waals surface area (Å²) in [5.41, 5.74) is -0.0482. The number of hydrogen-bond donors (Lipinski definition) is 3. The van der Waals surface area contributed by atoms with Crippen LogP contribution in [0.3, 0.4) is 0 Å². The molecule has 2 aliphatic rings. The van der Waals surface area contributed by atoms with Gasteiger partial charge in [-0.05, 0) is 32.4 Å². The van der Waals surface area contributed by atoms with Crippen LogP contribution in [-0.4, -0.2) is 59.5 Å². The van der Waals surface area contributed by atoms with Crippen LogP contribution in [0.2, 0.25) is 0 Å². The minimum Gasteiger partial charge on any atom is -0.392 e. The number of nitrogens with one attached hydrogen (secondary N) is 1. The summed E-state index contributed by atoms with van der Waals surface area (Å²) in [7, 11) is 0. The fourth-order valence-electron chi connectivity index (χ4n) is 2.85. The molecule has 2 rings (SSSR count). The molecule has 0 amide bonds. The lowest BCUT2D eigenvalue weighted by molar-refractivity contribution is -0.0752. The Kier molecular flexibility index (Phi) is 4.08. The molecule has 4 nitrogen and oxygen atoms in total. The quantitative estimate of drug-likeness (QED) is 0.644. The molecule has 1 aliphatic carbocycles. The van der Waals surface area contributed by atoms with Crippen molar-refractivity contribution in [1.29, 1.82) is 0 Å². The number of aliphatic hydroxyl groups excluding tert-OH is 2. The molecule has 0 aromatic carbocycles. The van der Waals surface area contributed by atoms with Crippen molar-refractivity contribution in [2.24, 2.45) is 5.41 Å². The predicted octanol–water partition coefficient (Wildman–Crippen LogP) is 0.192. The maximum atomic E-state index is 9.95. The Labute approximate surface area is 104 Å². The van der Waals surface area contributed by atoms with Crippen molar-refractivity contribution in [3.63, 3.8) is 0 Å². The Bertz CT molecular complexity index is 252. The first-order valence-electron chi connectivity index (χ1n) is 6.82. The van der Waals surface area contributed by atoms with Crippen molar-refractivity contribution < 1.29 is 10.2 Å². The Balaban J connectivity index is 1.64. The molecule has 3 N–H and O–H groups in total. The molecule has 1 aliphatic heterocycles. The highest BCUT2D eigenvalue weighted by Crippen LogP contribution is 2.40. The van der Waals surface area contributed by atoms with Crippen molar-refractivity contribution in [1.82, 2.24) is 10.2 Å². The fraction of sp³-hybridized carbons (Fsp3) is 1.00. The van der Waals surface area contributed by atoms with E-state index >= 15 is 0 Å². The first kappa shape index (κ1) is 13.3. The second kappa shape index (κ2) is 5.22. The van der Waals surface area contributed by atoms with E-state index < -0.39 is 0 Å². The minimum absolute atomic E-state index is 0.0482. The predicted molar refractivity (Wildman–Crippen MR) is 67.9 cm³/mol. The van der Waals surface area contributed by atoms with Crippen LogP contribution in [0, 0.1) is 5.41 Å². The lowest BCUT2D eigenvalue weighted by atomic mass is 9.64. The van der Waals surface area contributed by atoms with Crippen LogP contribution in [0.15, 0.2) is 0 Å². The molecule has 17 heavy (non-hydrogen) atoms. The normalized spacial score (nSPS) is 34.6. The Hall–Kier alpha value is -0.160. The van der Waals surface area contributed by atoms with Crippen LogP contribution < -0.4 is 5.32 Å². The van der Waals surface area contributed by atoms with Crippen LogP contribution in [0.25, 0.3) is 0 Å². The van der Waals surface area contributed by atoms with Crippen molar-refractivity contribution in [2.75, 3.05) is 26.2 Å². The van der Waals surface area contributed by atoms with E-state index in [4.69, 9.17) is 0 Å². The van der Waals surface area contributed by atoms with Gasteiger partial charge in [-0.2, -0.15) is 0 Å². The Morgan fingerprint density at radius 2 is 2.00 bits per heavy atom. The second-order valence-corrected chi connectivity index (χ2v) is 6.20. The molecule has 4 heteroatoms. The maximum Gasteiger partial charge on any atom is 0.0791 e. The molecule has 3 atom stereocenters. The summed E-state index contributed by atoms with van der Waals surface area (Å²) in [6.45, 7) is 7.83. The highest BCUT2D eigenvalue weighted by atomic mass is 16.3. The summed E-state index contributed by atoms with van der Waals surface area (Å²) >= 11 is 0. The van der Waals surface area contributed by atoms with Gasteiger partial charge in [0, 0.05) is 24.5 Å². The molecule has 0 radical (unpaired) electrons. The van der Waals surface area contributed by atoms with Gasteiger partial charge in [-0.25, -0.2) is 0 Å². The number of likely N-dealkylation sites (tertiary alicyclic amines) is 1. The van der Waals surface area contributed by atoms with E-state index in [1.54, 1.807) is 0 Å². The van der Waals surface area contributed by atoms with Gasteiger partial charge in [0.1, 0.15) is 0 Å². The van der Waals surface area contributed by atoms with E-state index in [0.29, 0.717) is 12.6 Å². The van der Waals surface area contributed by atoms with Gasteiger partial charge in [0.2, 0.25) is 0 Å². The van der Waals surface area contributed by atoms with Crippen LogP contribution in [0.4, 0.5) is 0 Å². The number of nitrogens with zero attached hydrogens (tertiary/aromatic N) is 1. The average molecular weight is 242 g/mol. The van der Waals surface area contributed by atoms with Gasteiger partial charge in [-0.1, -0.05) is 13.8 Å². The molecule has 0 bridgehead atoms. The van der Waals surface area contributed by atoms with E-state index in [1.807, 2.05) is 0 Å². The smallest absolute Gasteiger partial charge is 0.0791 e. The van der Waals surface area contributed by atoms with Gasteiger partial charge in [0.15, 0.2) is 0 Å². The molecule has 2 fully saturated rings. The topological polar surface area (TPSA) is 55.7 Å². The standard InChI is InChI=1S/C13H26N2O2/c1-13(2)11(7-12(13)17)14-8-10(16)9-15-5-3-4-6-15/h10-12,14,16-17H,3-9H2,1-2H3. The number of rotatable bonds is 5. The molecule has 0 spiro atoms. The molecule has 3 unspecified atom stereocenters. The van der Waals surface area contributed by atoms with Crippen LogP contribution in [-0.2, 0) is 0 Å². The maximum absolute atomic E-state index is 9.95. The molecule has 1 heterocycles. The van der Waals surface area contributed by atoms with Gasteiger partial charge in [0.25, 0.3) is 0 Å². The van der Waals surface area contributed by atoms with Gasteiger partial charge < -0.3 is 20.4 Å². The highest BCUT2D eigenvalue weighted by Gasteiger charge is 2.46. The second-order valence-electron chi connectivity index (χ2n) is 6.20. The average Bonchev–Trinajstić information content (AvgIpc) is 2.76. The lowest BCUT2D eigenvalue weighted by Gasteiger charge is -2.50. The summed E-state index contributed by atoms with van der Waals surface area (Å²) < 4.78 is 0. The molecule has 1 saturated carbocycles. The zero-order chi connectivity index (χ0) is 12.5. The first-order valence-corrected chi connectivity index (χ1v) is 6.82. The third-order valence-corrected chi connectivity index (χ3v) is 4.48. The molecule has 0 aromatic heterocycles. The van der Waals surface area contributed by atoms with E-state index in [2.05, 4.69) is 24.1 Å². The zero-order valence-corrected chi connectivity index (χ0v) is 11.0. The molecule has 100 valence electrons. The summed E-state index contributed by atoms with van der Waals surface area (Å²) in [4.78, 5) is 2.33. The van der Waals surface area contributed by atoms with Crippen molar-refractivity contribution in [3.8, 4) is 0 Å². The van der Waals surface area contributed by atoms with Crippen LogP contribution >= 0.6 is 0 Å². The van der Waals surface area contributed by atoms with Crippen LogP contribution in [0.5, 0.6) is 0 Å². The number of β-amino-alcohol motifs (C(OH)–C–C–N with tert-alkyl or cyclic N) is 1. The highest BCUT2D eigenvalue weighted by molar-refractivity contribution is 5.01. The fourth-order valence-corrected chi connectivity index (χ4v) is 2.85. The van der Waals surface area contributed by atoms with Crippen molar-refractivity contribution >= 4 is 0 Å². The van der Waals surface area contributed by atoms with Gasteiger partial charge in [-0.3, -0.25) is 0 Å². The van der Waals surface area contributed by atoms with Crippen molar-refractivity contribution in [2.45, 2.75) is 51.4 Å². The third kappa shape index (κ3) is 2.99. The Morgan fingerprint density at radius 1 is 1.35 bits per heavy atom. The van der Waals surface area contributed by atoms with Gasteiger partial charge >= 0.3 is 0 Å². The summed E-state index contributed by atoms with van der Waals surface area (Å²) in [6.07, 6.45) is 2.85. The molecule has 0 aromatic rings. The number of aliphatic hydroxyl groups is 2. The van der Waals surface area contributed by atoms with E-state index in [0.717, 1.165) is 26.1 Å². The van der Waals surface area contributed by atoms with E-state index in [-0.39, 0.29) is 17.6 Å². The van der Waals surface area contributed by atoms with Gasteiger partial charge in [0.05, 0.1) is 12.2 Å².